The Morgan fingerprint density at radius 2 is 2.31 bits per heavy atom. The van der Waals surface area contributed by atoms with Gasteiger partial charge in [-0.1, -0.05) is 6.42 Å². The van der Waals surface area contributed by atoms with Gasteiger partial charge in [-0.3, -0.25) is 0 Å². The van der Waals surface area contributed by atoms with E-state index in [4.69, 9.17) is 4.42 Å². The van der Waals surface area contributed by atoms with Crippen molar-refractivity contribution in [3.05, 3.63) is 24.2 Å². The van der Waals surface area contributed by atoms with E-state index in [0.717, 1.165) is 6.54 Å². The van der Waals surface area contributed by atoms with E-state index < -0.39 is 0 Å². The summed E-state index contributed by atoms with van der Waals surface area (Å²) in [5.41, 5.74) is 1.19. The Morgan fingerprint density at radius 1 is 1.50 bits per heavy atom. The van der Waals surface area contributed by atoms with Crippen LogP contribution in [0.3, 0.4) is 0 Å². The Kier molecular flexibility index (Phi) is 4.02. The van der Waals surface area contributed by atoms with E-state index in [1.807, 2.05) is 6.07 Å². The maximum atomic E-state index is 9.24. The maximum Gasteiger partial charge on any atom is 0.0950 e. The van der Waals surface area contributed by atoms with Crippen molar-refractivity contribution in [3.63, 3.8) is 0 Å². The Balaban J connectivity index is 1.78. The van der Waals surface area contributed by atoms with Crippen molar-refractivity contribution in [2.75, 3.05) is 13.2 Å². The van der Waals surface area contributed by atoms with Crippen LogP contribution in [0.2, 0.25) is 0 Å². The predicted octanol–water partition coefficient (Wildman–Crippen LogP) is 2.34. The lowest BCUT2D eigenvalue weighted by atomic mass is 9.96. The van der Waals surface area contributed by atoms with Gasteiger partial charge in [0.25, 0.3) is 0 Å². The molecular weight excluding hydrogens is 202 g/mol. The molecule has 0 aromatic carbocycles. The van der Waals surface area contributed by atoms with Gasteiger partial charge in [0.1, 0.15) is 0 Å². The second-order valence-electron chi connectivity index (χ2n) is 4.82. The van der Waals surface area contributed by atoms with Gasteiger partial charge in [-0.15, -0.1) is 0 Å². The molecule has 0 amide bonds. The van der Waals surface area contributed by atoms with Crippen molar-refractivity contribution in [1.29, 1.82) is 0 Å². The molecule has 1 saturated carbocycles. The Hall–Kier alpha value is -0.800. The van der Waals surface area contributed by atoms with E-state index in [-0.39, 0.29) is 0 Å². The molecule has 3 atom stereocenters. The molecule has 1 aromatic rings. The predicted molar refractivity (Wildman–Crippen MR) is 63.0 cm³/mol. The molecule has 1 heterocycles. The molecule has 1 aliphatic rings. The van der Waals surface area contributed by atoms with Crippen LogP contribution in [0.25, 0.3) is 0 Å². The Morgan fingerprint density at radius 3 is 3.00 bits per heavy atom. The molecule has 3 heteroatoms. The number of aliphatic hydroxyl groups excluding tert-OH is 1. The zero-order valence-electron chi connectivity index (χ0n) is 9.86. The minimum absolute atomic E-state index is 0.332. The number of nitrogens with one attached hydrogen (secondary N) is 1. The number of hydrogen-bond acceptors (Lipinski definition) is 3. The van der Waals surface area contributed by atoms with E-state index >= 15 is 0 Å². The molecule has 0 radical (unpaired) electrons. The zero-order chi connectivity index (χ0) is 11.4. The van der Waals surface area contributed by atoms with Gasteiger partial charge in [0.15, 0.2) is 0 Å². The first-order valence-corrected chi connectivity index (χ1v) is 6.17. The van der Waals surface area contributed by atoms with Crippen LogP contribution in [-0.2, 0) is 0 Å². The molecule has 0 aliphatic heterocycles. The number of furan rings is 1. The SMILES string of the molecule is CC(NCC1CCCC1CO)c1ccoc1. The van der Waals surface area contributed by atoms with Crippen LogP contribution in [0.15, 0.2) is 23.0 Å². The van der Waals surface area contributed by atoms with Gasteiger partial charge < -0.3 is 14.8 Å². The van der Waals surface area contributed by atoms with Crippen molar-refractivity contribution in [3.8, 4) is 0 Å². The van der Waals surface area contributed by atoms with Gasteiger partial charge in [-0.25, -0.2) is 0 Å². The topological polar surface area (TPSA) is 45.4 Å². The number of hydrogen-bond donors (Lipinski definition) is 2. The highest BCUT2D eigenvalue weighted by atomic mass is 16.3. The fourth-order valence-electron chi connectivity index (χ4n) is 2.59. The first-order chi connectivity index (χ1) is 7.81. The standard InChI is InChI=1S/C13H21NO2/c1-10(13-5-6-16-9-13)14-7-11-3-2-4-12(11)8-15/h5-6,9-12,14-15H,2-4,7-8H2,1H3. The van der Waals surface area contributed by atoms with Gasteiger partial charge >= 0.3 is 0 Å². The van der Waals surface area contributed by atoms with Crippen LogP contribution in [0.5, 0.6) is 0 Å². The minimum atomic E-state index is 0.332. The summed E-state index contributed by atoms with van der Waals surface area (Å²) in [7, 11) is 0. The highest BCUT2D eigenvalue weighted by molar-refractivity contribution is 5.10. The second kappa shape index (κ2) is 5.51. The average Bonchev–Trinajstić information content (AvgIpc) is 2.96. The third kappa shape index (κ3) is 2.66. The lowest BCUT2D eigenvalue weighted by Gasteiger charge is -2.20. The van der Waals surface area contributed by atoms with Crippen LogP contribution in [0.1, 0.15) is 37.8 Å². The van der Waals surface area contributed by atoms with E-state index in [1.54, 1.807) is 12.5 Å². The molecule has 1 aliphatic carbocycles. The minimum Gasteiger partial charge on any atom is -0.472 e. The smallest absolute Gasteiger partial charge is 0.0950 e. The second-order valence-corrected chi connectivity index (χ2v) is 4.82. The van der Waals surface area contributed by atoms with Crippen LogP contribution < -0.4 is 5.32 Å². The van der Waals surface area contributed by atoms with E-state index in [1.165, 1.54) is 24.8 Å². The third-order valence-corrected chi connectivity index (χ3v) is 3.78. The van der Waals surface area contributed by atoms with Crippen molar-refractivity contribution in [2.24, 2.45) is 11.8 Å². The maximum absolute atomic E-state index is 9.24. The quantitative estimate of drug-likeness (QED) is 0.805. The summed E-state index contributed by atoms with van der Waals surface area (Å²) < 4.78 is 5.07. The van der Waals surface area contributed by atoms with Crippen LogP contribution in [0.4, 0.5) is 0 Å². The van der Waals surface area contributed by atoms with Gasteiger partial charge in [-0.05, 0) is 44.2 Å². The normalized spacial score (nSPS) is 27.1. The molecule has 2 rings (SSSR count). The van der Waals surface area contributed by atoms with E-state index in [2.05, 4.69) is 12.2 Å². The highest BCUT2D eigenvalue weighted by Crippen LogP contribution is 2.31. The summed E-state index contributed by atoms with van der Waals surface area (Å²) in [5, 5.41) is 12.8. The van der Waals surface area contributed by atoms with Crippen molar-refractivity contribution in [2.45, 2.75) is 32.2 Å². The highest BCUT2D eigenvalue weighted by Gasteiger charge is 2.26. The fourth-order valence-corrected chi connectivity index (χ4v) is 2.59. The van der Waals surface area contributed by atoms with Gasteiger partial charge in [0.2, 0.25) is 0 Å². The van der Waals surface area contributed by atoms with E-state index in [9.17, 15) is 5.11 Å². The molecule has 90 valence electrons. The monoisotopic (exact) mass is 223 g/mol. The van der Waals surface area contributed by atoms with Crippen LogP contribution in [-0.4, -0.2) is 18.3 Å². The fraction of sp³-hybridized carbons (Fsp3) is 0.692. The Labute approximate surface area is 96.8 Å². The van der Waals surface area contributed by atoms with Gasteiger partial charge in [0.05, 0.1) is 12.5 Å². The zero-order valence-corrected chi connectivity index (χ0v) is 9.86. The van der Waals surface area contributed by atoms with E-state index in [0.29, 0.717) is 24.5 Å². The Bertz CT molecular complexity index is 297. The molecule has 2 N–H and O–H groups in total. The lowest BCUT2D eigenvalue weighted by Crippen LogP contribution is -2.28. The summed E-state index contributed by atoms with van der Waals surface area (Å²) in [6.45, 7) is 3.48. The number of rotatable bonds is 5. The largest absolute Gasteiger partial charge is 0.472 e. The molecular formula is C13H21NO2. The summed E-state index contributed by atoms with van der Waals surface area (Å²) >= 11 is 0. The summed E-state index contributed by atoms with van der Waals surface area (Å²) in [6, 6.07) is 2.33. The molecule has 16 heavy (non-hydrogen) atoms. The van der Waals surface area contributed by atoms with Crippen molar-refractivity contribution in [1.82, 2.24) is 5.32 Å². The summed E-state index contributed by atoms with van der Waals surface area (Å²) in [5.74, 6) is 1.14. The first-order valence-electron chi connectivity index (χ1n) is 6.17. The van der Waals surface area contributed by atoms with Crippen LogP contribution in [0, 0.1) is 11.8 Å². The van der Waals surface area contributed by atoms with Gasteiger partial charge in [-0.2, -0.15) is 0 Å². The molecule has 3 unspecified atom stereocenters. The summed E-state index contributed by atoms with van der Waals surface area (Å²) in [4.78, 5) is 0. The molecule has 0 spiro atoms. The average molecular weight is 223 g/mol. The molecule has 3 nitrogen and oxygen atoms in total. The molecule has 1 aromatic heterocycles. The number of aliphatic hydroxyl groups is 1. The van der Waals surface area contributed by atoms with Crippen LogP contribution >= 0.6 is 0 Å². The summed E-state index contributed by atoms with van der Waals surface area (Å²) in [6.07, 6.45) is 7.19. The van der Waals surface area contributed by atoms with Crippen molar-refractivity contribution >= 4 is 0 Å². The molecule has 0 bridgehead atoms. The van der Waals surface area contributed by atoms with Crippen molar-refractivity contribution < 1.29 is 9.52 Å². The lowest BCUT2D eigenvalue weighted by molar-refractivity contribution is 0.190. The third-order valence-electron chi connectivity index (χ3n) is 3.78. The van der Waals surface area contributed by atoms with Gasteiger partial charge in [0, 0.05) is 18.2 Å². The molecule has 0 saturated heterocycles. The molecule has 1 fully saturated rings. The first kappa shape index (κ1) is 11.7.